The molecule has 0 aliphatic rings. The maximum atomic E-state index is 13.4. The first-order chi connectivity index (χ1) is 16.0. The molecule has 0 radical (unpaired) electrons. The van der Waals surface area contributed by atoms with Crippen molar-refractivity contribution >= 4 is 27.3 Å². The summed E-state index contributed by atoms with van der Waals surface area (Å²) in [6, 6.07) is 23.0. The van der Waals surface area contributed by atoms with Crippen LogP contribution < -0.4 is 10.1 Å². The Bertz CT molecular complexity index is 1300. The third-order valence-corrected chi connectivity index (χ3v) is 6.86. The van der Waals surface area contributed by atoms with Crippen molar-refractivity contribution in [2.75, 3.05) is 18.5 Å². The van der Waals surface area contributed by atoms with Crippen LogP contribution in [0, 0.1) is 0 Å². The van der Waals surface area contributed by atoms with Crippen molar-refractivity contribution in [1.82, 2.24) is 4.98 Å². The molecule has 1 N–H and O–H groups in total. The molecule has 0 amide bonds. The van der Waals surface area contributed by atoms with Crippen LogP contribution in [0.25, 0.3) is 11.5 Å². The zero-order chi connectivity index (χ0) is 23.3. The van der Waals surface area contributed by atoms with Gasteiger partial charge in [-0.15, -0.1) is 0 Å². The summed E-state index contributed by atoms with van der Waals surface area (Å²) >= 11 is 5.93. The van der Waals surface area contributed by atoms with Crippen molar-refractivity contribution in [3.63, 3.8) is 0 Å². The summed E-state index contributed by atoms with van der Waals surface area (Å²) in [5.41, 5.74) is 1.76. The second kappa shape index (κ2) is 10.1. The molecule has 4 aromatic rings. The number of rotatable bonds is 9. The lowest BCUT2D eigenvalue weighted by Crippen LogP contribution is -2.09. The molecule has 0 saturated carbocycles. The lowest BCUT2D eigenvalue weighted by atomic mass is 10.1. The summed E-state index contributed by atoms with van der Waals surface area (Å²) in [5, 5.41) is 3.40. The highest BCUT2D eigenvalue weighted by Crippen LogP contribution is 2.33. The van der Waals surface area contributed by atoms with E-state index in [1.807, 2.05) is 37.3 Å². The van der Waals surface area contributed by atoms with E-state index in [0.29, 0.717) is 35.9 Å². The molecule has 170 valence electrons. The van der Waals surface area contributed by atoms with Crippen molar-refractivity contribution in [1.29, 1.82) is 0 Å². The normalized spacial score (nSPS) is 11.3. The molecule has 1 heterocycles. The van der Waals surface area contributed by atoms with E-state index in [1.54, 1.807) is 24.3 Å². The third-order valence-electron chi connectivity index (χ3n) is 4.93. The van der Waals surface area contributed by atoms with Crippen molar-refractivity contribution in [3.8, 4) is 17.2 Å². The van der Waals surface area contributed by atoms with Crippen LogP contribution in [0.1, 0.15) is 12.5 Å². The van der Waals surface area contributed by atoms with E-state index in [-0.39, 0.29) is 21.7 Å². The lowest BCUT2D eigenvalue weighted by molar-refractivity contribution is 0.340. The Balaban J connectivity index is 1.67. The SMILES string of the molecule is CCOc1ccc(-c2nc(S(=O)(=O)c3ccc(Cl)cc3)c(NCCc3ccccc3)o2)cc1. The molecule has 6 nitrogen and oxygen atoms in total. The van der Waals surface area contributed by atoms with Gasteiger partial charge in [-0.1, -0.05) is 41.9 Å². The lowest BCUT2D eigenvalue weighted by Gasteiger charge is -2.06. The fraction of sp³-hybridized carbons (Fsp3) is 0.160. The Hall–Kier alpha value is -3.29. The van der Waals surface area contributed by atoms with Crippen molar-refractivity contribution in [3.05, 3.63) is 89.4 Å². The Labute approximate surface area is 198 Å². The van der Waals surface area contributed by atoms with Gasteiger partial charge in [0.25, 0.3) is 0 Å². The smallest absolute Gasteiger partial charge is 0.233 e. The number of ether oxygens (including phenoxy) is 1. The maximum absolute atomic E-state index is 13.4. The van der Waals surface area contributed by atoms with Crippen LogP contribution in [0.4, 0.5) is 5.88 Å². The number of nitrogens with zero attached hydrogens (tertiary/aromatic N) is 1. The van der Waals surface area contributed by atoms with Crippen molar-refractivity contribution < 1.29 is 17.6 Å². The average molecular weight is 483 g/mol. The maximum Gasteiger partial charge on any atom is 0.233 e. The molecule has 4 rings (SSSR count). The molecule has 0 aliphatic carbocycles. The van der Waals surface area contributed by atoms with Crippen LogP contribution in [0.15, 0.2) is 93.2 Å². The van der Waals surface area contributed by atoms with Crippen molar-refractivity contribution in [2.24, 2.45) is 0 Å². The number of nitrogens with one attached hydrogen (secondary N) is 1. The Morgan fingerprint density at radius 3 is 2.33 bits per heavy atom. The first-order valence-corrected chi connectivity index (χ1v) is 12.4. The zero-order valence-corrected chi connectivity index (χ0v) is 19.6. The minimum Gasteiger partial charge on any atom is -0.494 e. The summed E-state index contributed by atoms with van der Waals surface area (Å²) < 4.78 is 38.1. The van der Waals surface area contributed by atoms with Gasteiger partial charge in [0.2, 0.25) is 26.6 Å². The van der Waals surface area contributed by atoms with Crippen LogP contribution in [-0.2, 0) is 16.3 Å². The largest absolute Gasteiger partial charge is 0.494 e. The Kier molecular flexibility index (Phi) is 7.01. The highest BCUT2D eigenvalue weighted by Gasteiger charge is 2.28. The molecule has 0 spiro atoms. The highest BCUT2D eigenvalue weighted by molar-refractivity contribution is 7.91. The van der Waals surface area contributed by atoms with E-state index < -0.39 is 9.84 Å². The number of hydrogen-bond acceptors (Lipinski definition) is 6. The Morgan fingerprint density at radius 1 is 0.970 bits per heavy atom. The molecule has 33 heavy (non-hydrogen) atoms. The molecule has 0 unspecified atom stereocenters. The standard InChI is InChI=1S/C25H23ClN2O4S/c1-2-31-21-12-8-19(9-13-21)23-28-25(33(29,30)22-14-10-20(26)11-15-22)24(32-23)27-17-16-18-6-4-3-5-7-18/h3-15,27H,2,16-17H2,1H3. The van der Waals surface area contributed by atoms with Gasteiger partial charge in [-0.3, -0.25) is 0 Å². The van der Waals surface area contributed by atoms with E-state index in [1.165, 1.54) is 24.3 Å². The van der Waals surface area contributed by atoms with Gasteiger partial charge in [0.1, 0.15) is 5.75 Å². The number of benzene rings is 3. The monoisotopic (exact) mass is 482 g/mol. The molecule has 0 aliphatic heterocycles. The predicted octanol–water partition coefficient (Wildman–Crippen LogP) is 5.88. The molecule has 0 atom stereocenters. The van der Waals surface area contributed by atoms with E-state index in [4.69, 9.17) is 20.8 Å². The van der Waals surface area contributed by atoms with E-state index >= 15 is 0 Å². The second-order valence-corrected chi connectivity index (χ2v) is 9.53. The molecule has 0 fully saturated rings. The second-order valence-electron chi connectivity index (χ2n) is 7.23. The molecule has 8 heteroatoms. The van der Waals surface area contributed by atoms with E-state index in [2.05, 4.69) is 10.3 Å². The van der Waals surface area contributed by atoms with Gasteiger partial charge < -0.3 is 14.5 Å². The summed E-state index contributed by atoms with van der Waals surface area (Å²) in [5.74, 6) is 1.01. The number of oxazole rings is 1. The van der Waals surface area contributed by atoms with E-state index in [9.17, 15) is 8.42 Å². The molecule has 3 aromatic carbocycles. The third kappa shape index (κ3) is 5.38. The number of anilines is 1. The number of hydrogen-bond donors (Lipinski definition) is 1. The molecule has 1 aromatic heterocycles. The highest BCUT2D eigenvalue weighted by atomic mass is 35.5. The van der Waals surface area contributed by atoms with Crippen LogP contribution in [-0.4, -0.2) is 26.6 Å². The van der Waals surface area contributed by atoms with Gasteiger partial charge in [0.15, 0.2) is 0 Å². The summed E-state index contributed by atoms with van der Waals surface area (Å²) in [7, 11) is -3.94. The summed E-state index contributed by atoms with van der Waals surface area (Å²) in [6.45, 7) is 2.94. The number of halogens is 1. The van der Waals surface area contributed by atoms with Crippen LogP contribution in [0.3, 0.4) is 0 Å². The van der Waals surface area contributed by atoms with Gasteiger partial charge in [0.05, 0.1) is 11.5 Å². The van der Waals surface area contributed by atoms with Crippen LogP contribution in [0.5, 0.6) is 5.75 Å². The number of aromatic nitrogens is 1. The van der Waals surface area contributed by atoms with Gasteiger partial charge in [-0.05, 0) is 67.4 Å². The molecule has 0 bridgehead atoms. The molecule has 0 saturated heterocycles. The minimum absolute atomic E-state index is 0.0875. The first-order valence-electron chi connectivity index (χ1n) is 10.5. The molecular weight excluding hydrogens is 460 g/mol. The van der Waals surface area contributed by atoms with Crippen LogP contribution >= 0.6 is 11.6 Å². The number of sulfone groups is 1. The fourth-order valence-electron chi connectivity index (χ4n) is 3.27. The predicted molar refractivity (Wildman–Crippen MR) is 129 cm³/mol. The fourth-order valence-corrected chi connectivity index (χ4v) is 4.68. The topological polar surface area (TPSA) is 81.4 Å². The van der Waals surface area contributed by atoms with Crippen molar-refractivity contribution in [2.45, 2.75) is 23.3 Å². The van der Waals surface area contributed by atoms with Gasteiger partial charge in [0, 0.05) is 17.1 Å². The van der Waals surface area contributed by atoms with Gasteiger partial charge in [-0.2, -0.15) is 4.98 Å². The van der Waals surface area contributed by atoms with Crippen LogP contribution in [0.2, 0.25) is 5.02 Å². The first kappa shape index (κ1) is 22.9. The average Bonchev–Trinajstić information content (AvgIpc) is 3.26. The summed E-state index contributed by atoms with van der Waals surface area (Å²) in [4.78, 5) is 4.45. The molecular formula is C25H23ClN2O4S. The Morgan fingerprint density at radius 2 is 1.67 bits per heavy atom. The minimum atomic E-state index is -3.94. The van der Waals surface area contributed by atoms with E-state index in [0.717, 1.165) is 5.56 Å². The van der Waals surface area contributed by atoms with Gasteiger partial charge >= 0.3 is 0 Å². The van der Waals surface area contributed by atoms with Gasteiger partial charge in [-0.25, -0.2) is 8.42 Å². The summed E-state index contributed by atoms with van der Waals surface area (Å²) in [6.07, 6.45) is 0.695. The zero-order valence-electron chi connectivity index (χ0n) is 18.0. The quantitative estimate of drug-likeness (QED) is 0.321.